The summed E-state index contributed by atoms with van der Waals surface area (Å²) >= 11 is 1.88. The molecule has 1 aliphatic rings. The Morgan fingerprint density at radius 1 is 0.417 bits per heavy atom. The van der Waals surface area contributed by atoms with E-state index in [-0.39, 0.29) is 5.41 Å². The van der Waals surface area contributed by atoms with Crippen LogP contribution < -0.4 is 4.90 Å². The van der Waals surface area contributed by atoms with Crippen molar-refractivity contribution in [1.29, 1.82) is 0 Å². The van der Waals surface area contributed by atoms with Crippen molar-refractivity contribution in [1.82, 2.24) is 4.57 Å². The van der Waals surface area contributed by atoms with Crippen molar-refractivity contribution < 1.29 is 0 Å². The second-order valence-electron chi connectivity index (χ2n) is 16.5. The van der Waals surface area contributed by atoms with Crippen molar-refractivity contribution in [2.45, 2.75) is 19.3 Å². The summed E-state index contributed by atoms with van der Waals surface area (Å²) in [5.41, 5.74) is 17.1. The van der Waals surface area contributed by atoms with Gasteiger partial charge in [-0.1, -0.05) is 159 Å². The molecule has 0 aliphatic heterocycles. The molecule has 11 aromatic rings. The van der Waals surface area contributed by atoms with Gasteiger partial charge >= 0.3 is 0 Å². The first-order valence-electron chi connectivity index (χ1n) is 20.8. The predicted octanol–water partition coefficient (Wildman–Crippen LogP) is 16.3. The number of hydrogen-bond acceptors (Lipinski definition) is 2. The molecule has 60 heavy (non-hydrogen) atoms. The van der Waals surface area contributed by atoms with Crippen LogP contribution in [0.5, 0.6) is 0 Å². The van der Waals surface area contributed by atoms with Crippen LogP contribution in [0.15, 0.2) is 206 Å². The lowest BCUT2D eigenvalue weighted by molar-refractivity contribution is 0.660. The van der Waals surface area contributed by atoms with Gasteiger partial charge in [0, 0.05) is 48.6 Å². The van der Waals surface area contributed by atoms with E-state index in [0.29, 0.717) is 0 Å². The molecule has 0 saturated carbocycles. The predicted molar refractivity (Wildman–Crippen MR) is 257 cm³/mol. The van der Waals surface area contributed by atoms with Crippen molar-refractivity contribution in [3.63, 3.8) is 0 Å². The first kappa shape index (κ1) is 34.8. The Bertz CT molecular complexity index is 3480. The third-order valence-electron chi connectivity index (χ3n) is 12.8. The molecule has 9 aromatic carbocycles. The highest BCUT2D eigenvalue weighted by Crippen LogP contribution is 2.52. The largest absolute Gasteiger partial charge is 0.310 e. The van der Waals surface area contributed by atoms with Crippen LogP contribution in [0.1, 0.15) is 25.0 Å². The third kappa shape index (κ3) is 5.19. The number of anilines is 3. The Labute approximate surface area is 353 Å². The maximum atomic E-state index is 2.47. The Balaban J connectivity index is 1.03. The second-order valence-corrected chi connectivity index (χ2v) is 17.5. The minimum Gasteiger partial charge on any atom is -0.310 e. The number of fused-ring (bicyclic) bond motifs is 9. The SMILES string of the molecule is CC1(C)c2ccccc2-c2ccc(N(c3ccccc3)c3ccccc3-c3ccccc3-c3ccc4c(c3)c3ccccc3n4-c3cccc4c3sc3ccccc34)cc21. The number of aromatic nitrogens is 1. The third-order valence-corrected chi connectivity index (χ3v) is 14.0. The number of benzene rings is 9. The minimum absolute atomic E-state index is 0.109. The zero-order valence-electron chi connectivity index (χ0n) is 33.4. The molecule has 0 fully saturated rings. The van der Waals surface area contributed by atoms with E-state index in [1.807, 2.05) is 11.3 Å². The van der Waals surface area contributed by atoms with Gasteiger partial charge in [0.1, 0.15) is 0 Å². The summed E-state index contributed by atoms with van der Waals surface area (Å²) < 4.78 is 5.10. The molecule has 0 bridgehead atoms. The minimum atomic E-state index is -0.109. The molecule has 0 saturated heterocycles. The smallest absolute Gasteiger partial charge is 0.0640 e. The number of nitrogens with zero attached hydrogens (tertiary/aromatic N) is 2. The van der Waals surface area contributed by atoms with Crippen molar-refractivity contribution in [3.8, 4) is 39.1 Å². The summed E-state index contributed by atoms with van der Waals surface area (Å²) in [4.78, 5) is 2.44. The molecule has 12 rings (SSSR count). The molecule has 0 N–H and O–H groups in total. The lowest BCUT2D eigenvalue weighted by Crippen LogP contribution is -2.16. The van der Waals surface area contributed by atoms with E-state index in [2.05, 4.69) is 230 Å². The van der Waals surface area contributed by atoms with E-state index in [0.717, 1.165) is 17.1 Å². The van der Waals surface area contributed by atoms with Gasteiger partial charge in [-0.25, -0.2) is 0 Å². The van der Waals surface area contributed by atoms with Crippen LogP contribution in [-0.2, 0) is 5.41 Å². The van der Waals surface area contributed by atoms with Gasteiger partial charge in [0.25, 0.3) is 0 Å². The fraction of sp³-hybridized carbons (Fsp3) is 0.0526. The van der Waals surface area contributed by atoms with Gasteiger partial charge in [0.05, 0.1) is 27.1 Å². The number of para-hydroxylation sites is 3. The highest BCUT2D eigenvalue weighted by atomic mass is 32.1. The molecule has 0 unspecified atom stereocenters. The second kappa shape index (κ2) is 13.4. The van der Waals surface area contributed by atoms with Crippen molar-refractivity contribution in [3.05, 3.63) is 217 Å². The van der Waals surface area contributed by atoms with Gasteiger partial charge in [-0.05, 0) is 99.6 Å². The molecule has 2 aromatic heterocycles. The zero-order chi connectivity index (χ0) is 40.0. The van der Waals surface area contributed by atoms with Gasteiger partial charge in [-0.2, -0.15) is 0 Å². The van der Waals surface area contributed by atoms with Crippen LogP contribution in [0, 0.1) is 0 Å². The average Bonchev–Trinajstić information content (AvgIpc) is 3.92. The number of thiophene rings is 1. The number of hydrogen-bond donors (Lipinski definition) is 0. The molecule has 284 valence electrons. The fourth-order valence-corrected chi connectivity index (χ4v) is 11.2. The van der Waals surface area contributed by atoms with Crippen LogP contribution in [0.25, 0.3) is 81.0 Å². The average molecular weight is 785 g/mol. The molecule has 0 spiro atoms. The molecule has 0 amide bonds. The summed E-state index contributed by atoms with van der Waals surface area (Å²) in [6.45, 7) is 4.72. The van der Waals surface area contributed by atoms with Gasteiger partial charge in [0.2, 0.25) is 0 Å². The van der Waals surface area contributed by atoms with Crippen molar-refractivity contribution in [2.24, 2.45) is 0 Å². The zero-order valence-corrected chi connectivity index (χ0v) is 34.2. The van der Waals surface area contributed by atoms with E-state index in [9.17, 15) is 0 Å². The van der Waals surface area contributed by atoms with E-state index in [4.69, 9.17) is 0 Å². The van der Waals surface area contributed by atoms with E-state index in [1.54, 1.807) is 0 Å². The summed E-state index contributed by atoms with van der Waals surface area (Å²) in [5, 5.41) is 5.12. The Hall–Kier alpha value is -7.20. The molecule has 2 nitrogen and oxygen atoms in total. The maximum absolute atomic E-state index is 2.47. The Kier molecular flexibility index (Phi) is 7.79. The molecular weight excluding hydrogens is 745 g/mol. The molecule has 0 radical (unpaired) electrons. The van der Waals surface area contributed by atoms with Crippen LogP contribution >= 0.6 is 11.3 Å². The van der Waals surface area contributed by atoms with Crippen LogP contribution in [0.2, 0.25) is 0 Å². The molecule has 2 heterocycles. The molecule has 3 heteroatoms. The fourth-order valence-electron chi connectivity index (χ4n) is 10.0. The van der Waals surface area contributed by atoms with Gasteiger partial charge in [-0.3, -0.25) is 0 Å². The summed E-state index contributed by atoms with van der Waals surface area (Å²) in [7, 11) is 0. The highest BCUT2D eigenvalue weighted by Gasteiger charge is 2.36. The van der Waals surface area contributed by atoms with Crippen molar-refractivity contribution in [2.75, 3.05) is 4.90 Å². The number of rotatable bonds is 6. The summed E-state index contributed by atoms with van der Waals surface area (Å²) in [6.07, 6.45) is 0. The van der Waals surface area contributed by atoms with Crippen LogP contribution in [0.4, 0.5) is 17.1 Å². The topological polar surface area (TPSA) is 8.17 Å². The normalized spacial score (nSPS) is 13.0. The highest BCUT2D eigenvalue weighted by molar-refractivity contribution is 7.26. The molecule has 1 aliphatic carbocycles. The van der Waals surface area contributed by atoms with Crippen molar-refractivity contribution >= 4 is 70.4 Å². The van der Waals surface area contributed by atoms with E-state index < -0.39 is 0 Å². The van der Waals surface area contributed by atoms with Gasteiger partial charge < -0.3 is 9.47 Å². The summed E-state index contributed by atoms with van der Waals surface area (Å²) in [5.74, 6) is 0. The monoisotopic (exact) mass is 784 g/mol. The first-order valence-corrected chi connectivity index (χ1v) is 21.6. The quantitative estimate of drug-likeness (QED) is 0.163. The Morgan fingerprint density at radius 2 is 1.07 bits per heavy atom. The Morgan fingerprint density at radius 3 is 1.93 bits per heavy atom. The van der Waals surface area contributed by atoms with Gasteiger partial charge in [0.15, 0.2) is 0 Å². The van der Waals surface area contributed by atoms with Crippen LogP contribution in [-0.4, -0.2) is 4.57 Å². The lowest BCUT2D eigenvalue weighted by atomic mass is 9.82. The first-order chi connectivity index (χ1) is 29.5. The lowest BCUT2D eigenvalue weighted by Gasteiger charge is -2.30. The molecular formula is C57H40N2S. The van der Waals surface area contributed by atoms with Crippen LogP contribution in [0.3, 0.4) is 0 Å². The maximum Gasteiger partial charge on any atom is 0.0640 e. The van der Waals surface area contributed by atoms with E-state index >= 15 is 0 Å². The standard InChI is InChI=1S/C57H40N2S/c1-57(2)49-26-12-8-21-42(49)43-33-32-39(36-50(43)57)58(38-17-4-3-5-18-38)51-27-13-9-22-44(51)41-20-7-6-19-40(41)37-31-34-53-48(35-37)45-23-10-14-28-52(45)59(53)54-29-16-25-47-46-24-11-15-30-55(46)60-56(47)54/h3-36H,1-2H3. The van der Waals surface area contributed by atoms with E-state index in [1.165, 1.54) is 92.2 Å². The summed E-state index contributed by atoms with van der Waals surface area (Å²) in [6, 6.07) is 76.0. The molecule has 0 atom stereocenters. The van der Waals surface area contributed by atoms with Gasteiger partial charge in [-0.15, -0.1) is 11.3 Å².